The standard InChI is InChI=1S/C20H19NO2/c1-14(20(22)21-18-6-4-3-5-7-18)15-8-9-17-13-19(23-2)11-10-16(17)12-15/h3-14H,1-2H3,(H,21,22). The third-order valence-corrected chi connectivity index (χ3v) is 4.01. The number of para-hydroxylation sites is 1. The molecule has 1 unspecified atom stereocenters. The number of ether oxygens (including phenoxy) is 1. The lowest BCUT2D eigenvalue weighted by molar-refractivity contribution is -0.117. The van der Waals surface area contributed by atoms with E-state index in [0.717, 1.165) is 27.8 Å². The normalized spacial score (nSPS) is 11.9. The number of fused-ring (bicyclic) bond motifs is 1. The van der Waals surface area contributed by atoms with Crippen molar-refractivity contribution in [1.29, 1.82) is 0 Å². The van der Waals surface area contributed by atoms with E-state index in [4.69, 9.17) is 4.74 Å². The highest BCUT2D eigenvalue weighted by Gasteiger charge is 2.15. The highest BCUT2D eigenvalue weighted by atomic mass is 16.5. The molecule has 1 atom stereocenters. The third kappa shape index (κ3) is 3.34. The van der Waals surface area contributed by atoms with Gasteiger partial charge in [-0.3, -0.25) is 4.79 Å². The Bertz CT molecular complexity index is 827. The molecule has 0 aliphatic rings. The van der Waals surface area contributed by atoms with E-state index in [9.17, 15) is 4.79 Å². The summed E-state index contributed by atoms with van der Waals surface area (Å²) in [6.07, 6.45) is 0. The fourth-order valence-corrected chi connectivity index (χ4v) is 2.56. The van der Waals surface area contributed by atoms with Gasteiger partial charge in [0, 0.05) is 5.69 Å². The van der Waals surface area contributed by atoms with Crippen molar-refractivity contribution >= 4 is 22.4 Å². The Kier molecular flexibility index (Phi) is 4.29. The van der Waals surface area contributed by atoms with Gasteiger partial charge in [-0.05, 0) is 47.5 Å². The van der Waals surface area contributed by atoms with Gasteiger partial charge < -0.3 is 10.1 Å². The van der Waals surface area contributed by atoms with Gasteiger partial charge in [0.2, 0.25) is 5.91 Å². The van der Waals surface area contributed by atoms with Gasteiger partial charge in [-0.1, -0.05) is 42.5 Å². The first-order valence-corrected chi connectivity index (χ1v) is 7.61. The van der Waals surface area contributed by atoms with Crippen LogP contribution in [0.4, 0.5) is 5.69 Å². The first-order valence-electron chi connectivity index (χ1n) is 7.61. The van der Waals surface area contributed by atoms with Gasteiger partial charge in [-0.2, -0.15) is 0 Å². The molecule has 0 saturated carbocycles. The van der Waals surface area contributed by atoms with E-state index in [1.807, 2.05) is 67.6 Å². The van der Waals surface area contributed by atoms with E-state index in [1.165, 1.54) is 0 Å². The molecular formula is C20H19NO2. The summed E-state index contributed by atoms with van der Waals surface area (Å²) in [7, 11) is 1.66. The van der Waals surface area contributed by atoms with Crippen LogP contribution in [0.3, 0.4) is 0 Å². The molecule has 0 radical (unpaired) electrons. The molecule has 0 bridgehead atoms. The second-order valence-electron chi connectivity index (χ2n) is 5.55. The van der Waals surface area contributed by atoms with Crippen LogP contribution in [0.5, 0.6) is 5.75 Å². The summed E-state index contributed by atoms with van der Waals surface area (Å²) in [6, 6.07) is 21.5. The molecule has 3 aromatic rings. The van der Waals surface area contributed by atoms with Crippen molar-refractivity contribution in [3.63, 3.8) is 0 Å². The summed E-state index contributed by atoms with van der Waals surface area (Å²) in [6.45, 7) is 1.92. The average molecular weight is 305 g/mol. The lowest BCUT2D eigenvalue weighted by atomic mass is 9.97. The van der Waals surface area contributed by atoms with Crippen molar-refractivity contribution < 1.29 is 9.53 Å². The summed E-state index contributed by atoms with van der Waals surface area (Å²) >= 11 is 0. The third-order valence-electron chi connectivity index (χ3n) is 4.01. The van der Waals surface area contributed by atoms with Gasteiger partial charge in [0.1, 0.15) is 5.75 Å². The van der Waals surface area contributed by atoms with Crippen molar-refractivity contribution in [2.45, 2.75) is 12.8 Å². The average Bonchev–Trinajstić information content (AvgIpc) is 2.61. The molecular weight excluding hydrogens is 286 g/mol. The van der Waals surface area contributed by atoms with Gasteiger partial charge >= 0.3 is 0 Å². The fraction of sp³-hybridized carbons (Fsp3) is 0.150. The van der Waals surface area contributed by atoms with E-state index >= 15 is 0 Å². The number of rotatable bonds is 4. The van der Waals surface area contributed by atoms with E-state index < -0.39 is 0 Å². The van der Waals surface area contributed by atoms with Crippen LogP contribution >= 0.6 is 0 Å². The number of nitrogens with one attached hydrogen (secondary N) is 1. The second kappa shape index (κ2) is 6.53. The molecule has 3 nitrogen and oxygen atoms in total. The molecule has 0 heterocycles. The SMILES string of the molecule is COc1ccc2cc(C(C)C(=O)Nc3ccccc3)ccc2c1. The molecule has 1 N–H and O–H groups in total. The lowest BCUT2D eigenvalue weighted by Gasteiger charge is -2.13. The number of benzene rings is 3. The molecule has 0 aromatic heterocycles. The van der Waals surface area contributed by atoms with Gasteiger partial charge in [-0.15, -0.1) is 0 Å². The highest BCUT2D eigenvalue weighted by molar-refractivity contribution is 5.96. The number of methoxy groups -OCH3 is 1. The summed E-state index contributed by atoms with van der Waals surface area (Å²) < 4.78 is 5.24. The van der Waals surface area contributed by atoms with Crippen LogP contribution in [0.1, 0.15) is 18.4 Å². The molecule has 0 aliphatic heterocycles. The Morgan fingerprint density at radius 1 is 0.957 bits per heavy atom. The predicted molar refractivity (Wildman–Crippen MR) is 94.0 cm³/mol. The van der Waals surface area contributed by atoms with Crippen LogP contribution in [0.25, 0.3) is 10.8 Å². The molecule has 0 saturated heterocycles. The number of anilines is 1. The Hall–Kier alpha value is -2.81. The van der Waals surface area contributed by atoms with Crippen LogP contribution in [-0.2, 0) is 4.79 Å². The zero-order chi connectivity index (χ0) is 16.2. The maximum absolute atomic E-state index is 12.4. The summed E-state index contributed by atoms with van der Waals surface area (Å²) in [5.74, 6) is 0.603. The Morgan fingerprint density at radius 2 is 1.65 bits per heavy atom. The number of carbonyl (C=O) groups is 1. The lowest BCUT2D eigenvalue weighted by Crippen LogP contribution is -2.18. The molecule has 3 aromatic carbocycles. The van der Waals surface area contributed by atoms with Crippen LogP contribution in [0, 0.1) is 0 Å². The maximum atomic E-state index is 12.4. The summed E-state index contributed by atoms with van der Waals surface area (Å²) in [5, 5.41) is 5.15. The molecule has 116 valence electrons. The van der Waals surface area contributed by atoms with E-state index in [1.54, 1.807) is 7.11 Å². The fourth-order valence-electron chi connectivity index (χ4n) is 2.56. The molecule has 23 heavy (non-hydrogen) atoms. The molecule has 1 amide bonds. The minimum Gasteiger partial charge on any atom is -0.497 e. The van der Waals surface area contributed by atoms with Gasteiger partial charge in [0.25, 0.3) is 0 Å². The predicted octanol–water partition coefficient (Wildman–Crippen LogP) is 4.59. The smallest absolute Gasteiger partial charge is 0.231 e. The Morgan fingerprint density at radius 3 is 2.39 bits per heavy atom. The molecule has 0 spiro atoms. The van der Waals surface area contributed by atoms with Gasteiger partial charge in [0.05, 0.1) is 13.0 Å². The Balaban J connectivity index is 1.82. The van der Waals surface area contributed by atoms with Gasteiger partial charge in [0.15, 0.2) is 0 Å². The molecule has 3 heteroatoms. The highest BCUT2D eigenvalue weighted by Crippen LogP contribution is 2.25. The Labute approximate surface area is 135 Å². The summed E-state index contributed by atoms with van der Waals surface area (Å²) in [5.41, 5.74) is 1.81. The van der Waals surface area contributed by atoms with Crippen molar-refractivity contribution in [3.8, 4) is 5.75 Å². The largest absolute Gasteiger partial charge is 0.497 e. The van der Waals surface area contributed by atoms with Crippen molar-refractivity contribution in [2.75, 3.05) is 12.4 Å². The van der Waals surface area contributed by atoms with Crippen molar-refractivity contribution in [2.24, 2.45) is 0 Å². The second-order valence-corrected chi connectivity index (χ2v) is 5.55. The van der Waals surface area contributed by atoms with Crippen molar-refractivity contribution in [1.82, 2.24) is 0 Å². The van der Waals surface area contributed by atoms with Crippen LogP contribution in [-0.4, -0.2) is 13.0 Å². The van der Waals surface area contributed by atoms with E-state index in [2.05, 4.69) is 11.4 Å². The van der Waals surface area contributed by atoms with E-state index in [0.29, 0.717) is 0 Å². The zero-order valence-electron chi connectivity index (χ0n) is 13.2. The first-order chi connectivity index (χ1) is 11.2. The van der Waals surface area contributed by atoms with Crippen LogP contribution in [0.2, 0.25) is 0 Å². The van der Waals surface area contributed by atoms with E-state index in [-0.39, 0.29) is 11.8 Å². The summed E-state index contributed by atoms with van der Waals surface area (Å²) in [4.78, 5) is 12.4. The number of hydrogen-bond donors (Lipinski definition) is 1. The monoisotopic (exact) mass is 305 g/mol. The number of hydrogen-bond acceptors (Lipinski definition) is 2. The van der Waals surface area contributed by atoms with Crippen LogP contribution in [0.15, 0.2) is 66.7 Å². The minimum absolute atomic E-state index is 0.0101. The quantitative estimate of drug-likeness (QED) is 0.765. The van der Waals surface area contributed by atoms with Crippen LogP contribution < -0.4 is 10.1 Å². The first kappa shape index (κ1) is 15.1. The molecule has 0 aliphatic carbocycles. The number of amides is 1. The molecule has 0 fully saturated rings. The van der Waals surface area contributed by atoms with Gasteiger partial charge in [-0.25, -0.2) is 0 Å². The zero-order valence-corrected chi connectivity index (χ0v) is 13.2. The minimum atomic E-state index is -0.221. The topological polar surface area (TPSA) is 38.3 Å². The maximum Gasteiger partial charge on any atom is 0.231 e. The van der Waals surface area contributed by atoms with Crippen molar-refractivity contribution in [3.05, 3.63) is 72.3 Å². The number of carbonyl (C=O) groups excluding carboxylic acids is 1. The molecule has 3 rings (SSSR count).